The van der Waals surface area contributed by atoms with Crippen molar-refractivity contribution in [1.82, 2.24) is 0 Å². The van der Waals surface area contributed by atoms with Crippen LogP contribution in [-0.4, -0.2) is 50.5 Å². The third-order valence-corrected chi connectivity index (χ3v) is 11.8. The molecule has 2 N–H and O–H groups in total. The van der Waals surface area contributed by atoms with Gasteiger partial charge in [-0.1, -0.05) is 30.2 Å². The minimum atomic E-state index is -2.12. The Bertz CT molecular complexity index is 1630. The number of rotatable bonds is 6. The number of aliphatic hydroxyl groups is 1. The van der Waals surface area contributed by atoms with E-state index in [-0.39, 0.29) is 35.0 Å². The Labute approximate surface area is 268 Å². The second kappa shape index (κ2) is 11.2. The van der Waals surface area contributed by atoms with Crippen LogP contribution in [0.2, 0.25) is 5.02 Å². The fraction of sp³-hybridized carbons (Fsp3) is 0.441. The fourth-order valence-electron chi connectivity index (χ4n) is 8.47. The first-order chi connectivity index (χ1) is 21.3. The number of aromatic hydroxyl groups is 1. The standard InChI is InChI=1S/C34H33ClF2O7S/c1-31-13-11-21(38)15-20(31)5-9-25-24-12-14-33(30(42)45-18-36,32(24,2)17-28(40)34(25,31)37)44-29(41)19-3-6-22(7-4-19)43-23-8-10-27(39)26(35)16-23/h3-4,6-8,10-11,13,15-16,24-25,28,39-40H,5,9,12,14,17-18H2,1-2H3/t24-,25-,28-,31-,32-,33-,34-/m0/s1. The number of halogens is 3. The molecule has 0 aliphatic heterocycles. The molecule has 11 heteroatoms. The van der Waals surface area contributed by atoms with Crippen molar-refractivity contribution in [3.05, 3.63) is 76.9 Å². The number of aliphatic hydroxyl groups excluding tert-OH is 1. The van der Waals surface area contributed by atoms with Gasteiger partial charge in [0.25, 0.3) is 0 Å². The Hall–Kier alpha value is -3.21. The van der Waals surface area contributed by atoms with Crippen LogP contribution in [0.1, 0.15) is 56.3 Å². The number of benzene rings is 2. The summed E-state index contributed by atoms with van der Waals surface area (Å²) >= 11 is 6.35. The van der Waals surface area contributed by atoms with E-state index in [0.717, 1.165) is 0 Å². The van der Waals surface area contributed by atoms with Crippen molar-refractivity contribution in [3.63, 3.8) is 0 Å². The second-order valence-electron chi connectivity index (χ2n) is 12.8. The van der Waals surface area contributed by atoms with Gasteiger partial charge in [-0.05, 0) is 105 Å². The molecule has 7 nitrogen and oxygen atoms in total. The first kappa shape index (κ1) is 31.8. The van der Waals surface area contributed by atoms with Crippen molar-refractivity contribution in [2.75, 3.05) is 6.01 Å². The van der Waals surface area contributed by atoms with Crippen LogP contribution in [0.15, 0.2) is 66.3 Å². The molecule has 0 spiro atoms. The van der Waals surface area contributed by atoms with Gasteiger partial charge in [0, 0.05) is 22.8 Å². The summed E-state index contributed by atoms with van der Waals surface area (Å²) in [5.41, 5.74) is -5.57. The monoisotopic (exact) mass is 658 g/mol. The average Bonchev–Trinajstić information content (AvgIpc) is 3.28. The number of phenolic OH excluding ortho intramolecular Hbond substituents is 1. The van der Waals surface area contributed by atoms with Gasteiger partial charge in [-0.2, -0.15) is 0 Å². The van der Waals surface area contributed by atoms with E-state index in [2.05, 4.69) is 0 Å². The van der Waals surface area contributed by atoms with Gasteiger partial charge in [-0.15, -0.1) is 0 Å². The Balaban J connectivity index is 1.30. The van der Waals surface area contributed by atoms with Crippen molar-refractivity contribution < 1.29 is 42.9 Å². The minimum Gasteiger partial charge on any atom is -0.506 e. The zero-order valence-electron chi connectivity index (χ0n) is 24.7. The van der Waals surface area contributed by atoms with E-state index in [1.807, 2.05) is 0 Å². The summed E-state index contributed by atoms with van der Waals surface area (Å²) in [5.74, 6) is -1.55. The highest BCUT2D eigenvalue weighted by atomic mass is 35.5. The largest absolute Gasteiger partial charge is 0.506 e. The van der Waals surface area contributed by atoms with E-state index in [4.69, 9.17) is 21.1 Å². The fourth-order valence-corrected chi connectivity index (χ4v) is 9.35. The molecule has 3 fully saturated rings. The van der Waals surface area contributed by atoms with Crippen molar-refractivity contribution in [3.8, 4) is 17.2 Å². The highest BCUT2D eigenvalue weighted by Gasteiger charge is 2.75. The van der Waals surface area contributed by atoms with Crippen LogP contribution >= 0.6 is 23.4 Å². The Morgan fingerprint density at radius 2 is 1.80 bits per heavy atom. The van der Waals surface area contributed by atoms with Gasteiger partial charge in [0.15, 0.2) is 17.1 Å². The molecular formula is C34H33ClF2O7S. The first-order valence-electron chi connectivity index (χ1n) is 14.8. The number of allylic oxidation sites excluding steroid dienone is 4. The van der Waals surface area contributed by atoms with Crippen LogP contribution in [0.3, 0.4) is 0 Å². The van der Waals surface area contributed by atoms with Crippen molar-refractivity contribution in [1.29, 1.82) is 0 Å². The molecule has 4 aliphatic carbocycles. The maximum absolute atomic E-state index is 17.5. The molecule has 0 heterocycles. The molecule has 7 atom stereocenters. The summed E-state index contributed by atoms with van der Waals surface area (Å²) in [4.78, 5) is 39.5. The molecule has 45 heavy (non-hydrogen) atoms. The molecule has 0 radical (unpaired) electrons. The molecule has 6 rings (SSSR count). The van der Waals surface area contributed by atoms with Gasteiger partial charge in [0.05, 0.1) is 16.7 Å². The number of esters is 1. The predicted molar refractivity (Wildman–Crippen MR) is 165 cm³/mol. The lowest BCUT2D eigenvalue weighted by Gasteiger charge is -2.62. The predicted octanol–water partition coefficient (Wildman–Crippen LogP) is 7.29. The number of hydrogen-bond acceptors (Lipinski definition) is 8. The summed E-state index contributed by atoms with van der Waals surface area (Å²) < 4.78 is 43.0. The zero-order chi connectivity index (χ0) is 32.4. The number of hydrogen-bond donors (Lipinski definition) is 2. The van der Waals surface area contributed by atoms with Crippen molar-refractivity contribution in [2.45, 2.75) is 63.3 Å². The highest BCUT2D eigenvalue weighted by molar-refractivity contribution is 8.13. The topological polar surface area (TPSA) is 110 Å². The highest BCUT2D eigenvalue weighted by Crippen LogP contribution is 2.70. The average molecular weight is 659 g/mol. The third-order valence-electron chi connectivity index (χ3n) is 10.8. The number of carbonyl (C=O) groups excluding carboxylic acids is 3. The lowest BCUT2D eigenvalue weighted by molar-refractivity contribution is -0.214. The lowest BCUT2D eigenvalue weighted by Crippen LogP contribution is -2.69. The first-order valence-corrected chi connectivity index (χ1v) is 16.2. The number of phenols is 1. The summed E-state index contributed by atoms with van der Waals surface area (Å²) in [6.07, 6.45) is 3.81. The quantitative estimate of drug-likeness (QED) is 0.312. The summed E-state index contributed by atoms with van der Waals surface area (Å²) in [6.45, 7) is 3.45. The SMILES string of the molecule is C[C@]12C=CC(=O)C=C1CC[C@H]1[C@@H]3CC[C@](OC(=O)c4ccc(Oc5ccc(O)c(Cl)c5)cc4)(C(=O)SCF)[C@@]3(C)C[C@H](O)[C@@]12F. The second-order valence-corrected chi connectivity index (χ2v) is 14.1. The van der Waals surface area contributed by atoms with Gasteiger partial charge in [-0.25, -0.2) is 13.6 Å². The van der Waals surface area contributed by atoms with Gasteiger partial charge < -0.3 is 19.7 Å². The number of fused-ring (bicyclic) bond motifs is 5. The maximum Gasteiger partial charge on any atom is 0.339 e. The number of ether oxygens (including phenoxy) is 2. The molecule has 4 aliphatic rings. The number of carbonyl (C=O) groups is 3. The summed E-state index contributed by atoms with van der Waals surface area (Å²) in [7, 11) is 0. The molecule has 0 bridgehead atoms. The van der Waals surface area contributed by atoms with E-state index >= 15 is 4.39 Å². The minimum absolute atomic E-state index is 0.0571. The van der Waals surface area contributed by atoms with Crippen LogP contribution in [0, 0.1) is 22.7 Å². The summed E-state index contributed by atoms with van der Waals surface area (Å²) in [6, 6.07) is 9.29. The van der Waals surface area contributed by atoms with Gasteiger partial charge in [0.1, 0.15) is 23.3 Å². The molecular weight excluding hydrogens is 626 g/mol. The van der Waals surface area contributed by atoms with E-state index in [0.29, 0.717) is 48.1 Å². The Kier molecular flexibility index (Phi) is 7.93. The summed E-state index contributed by atoms with van der Waals surface area (Å²) in [5, 5.41) is 20.7. The van der Waals surface area contributed by atoms with E-state index in [1.54, 1.807) is 19.9 Å². The van der Waals surface area contributed by atoms with E-state index in [1.165, 1.54) is 54.6 Å². The van der Waals surface area contributed by atoms with Crippen molar-refractivity contribution >= 4 is 40.2 Å². The lowest BCUT2D eigenvalue weighted by atomic mass is 9.45. The van der Waals surface area contributed by atoms with Gasteiger partial charge >= 0.3 is 5.97 Å². The van der Waals surface area contributed by atoms with E-state index < -0.39 is 57.1 Å². The van der Waals surface area contributed by atoms with Gasteiger partial charge in [0.2, 0.25) is 5.12 Å². The number of thioether (sulfide) groups is 1. The normalized spacial score (nSPS) is 35.1. The Morgan fingerprint density at radius 3 is 2.49 bits per heavy atom. The molecule has 3 saturated carbocycles. The number of alkyl halides is 2. The van der Waals surface area contributed by atoms with Crippen LogP contribution in [0.4, 0.5) is 8.78 Å². The van der Waals surface area contributed by atoms with E-state index in [9.17, 15) is 29.0 Å². The maximum atomic E-state index is 17.5. The molecule has 2 aromatic carbocycles. The molecule has 238 valence electrons. The van der Waals surface area contributed by atoms with Crippen LogP contribution in [0.25, 0.3) is 0 Å². The van der Waals surface area contributed by atoms with Crippen LogP contribution in [0.5, 0.6) is 17.2 Å². The van der Waals surface area contributed by atoms with Crippen molar-refractivity contribution in [2.24, 2.45) is 22.7 Å². The molecule has 0 amide bonds. The van der Waals surface area contributed by atoms with Crippen LogP contribution < -0.4 is 4.74 Å². The zero-order valence-corrected chi connectivity index (χ0v) is 26.3. The van der Waals surface area contributed by atoms with Gasteiger partial charge in [-0.3, -0.25) is 9.59 Å². The number of ketones is 1. The molecule has 0 unspecified atom stereocenters. The smallest absolute Gasteiger partial charge is 0.339 e. The molecule has 0 saturated heterocycles. The Morgan fingerprint density at radius 1 is 1.09 bits per heavy atom. The third kappa shape index (κ3) is 4.74. The van der Waals surface area contributed by atoms with Crippen LogP contribution in [-0.2, 0) is 14.3 Å². The molecule has 2 aromatic rings. The molecule has 0 aromatic heterocycles.